The first-order valence-electron chi connectivity index (χ1n) is 6.41. The van der Waals surface area contributed by atoms with Gasteiger partial charge in [-0.15, -0.1) is 0 Å². The summed E-state index contributed by atoms with van der Waals surface area (Å²) in [4.78, 5) is 29.0. The quantitative estimate of drug-likeness (QED) is 0.699. The second kappa shape index (κ2) is 8.24. The van der Waals surface area contributed by atoms with E-state index in [1.54, 1.807) is 6.20 Å². The molecule has 1 aromatic heterocycles. The van der Waals surface area contributed by atoms with Gasteiger partial charge in [-0.2, -0.15) is 0 Å². The van der Waals surface area contributed by atoms with Gasteiger partial charge in [-0.05, 0) is 25.0 Å². The third-order valence-electron chi connectivity index (χ3n) is 2.72. The number of hydrogen-bond acceptors (Lipinski definition) is 4. The first-order valence-corrected chi connectivity index (χ1v) is 6.41. The number of hydrogen-bond donors (Lipinski definition) is 0. The van der Waals surface area contributed by atoms with Crippen LogP contribution in [-0.2, 0) is 20.7 Å². The first-order chi connectivity index (χ1) is 9.17. The third kappa shape index (κ3) is 5.50. The van der Waals surface area contributed by atoms with Gasteiger partial charge in [0.25, 0.3) is 0 Å². The van der Waals surface area contributed by atoms with Crippen molar-refractivity contribution in [2.24, 2.45) is 0 Å². The van der Waals surface area contributed by atoms with Crippen LogP contribution < -0.4 is 0 Å². The summed E-state index contributed by atoms with van der Waals surface area (Å²) in [6.07, 6.45) is 3.46. The molecule has 1 aromatic rings. The lowest BCUT2D eigenvalue weighted by atomic mass is 10.2. The fraction of sp³-hybridized carbons (Fsp3) is 0.500. The molecular weight excluding hydrogens is 244 g/mol. The Morgan fingerprint density at radius 1 is 1.37 bits per heavy atom. The van der Waals surface area contributed by atoms with Gasteiger partial charge in [0.2, 0.25) is 5.91 Å². The van der Waals surface area contributed by atoms with E-state index in [-0.39, 0.29) is 18.4 Å². The Balaban J connectivity index is 2.50. The van der Waals surface area contributed by atoms with E-state index in [1.807, 2.05) is 25.1 Å². The summed E-state index contributed by atoms with van der Waals surface area (Å²) in [7, 11) is 1.32. The Morgan fingerprint density at radius 2 is 2.16 bits per heavy atom. The molecule has 0 saturated carbocycles. The standard InChI is InChI=1S/C14H20N2O3/c1-3-10-16(11-14(18)19-2)13(17)8-7-12-6-4-5-9-15-12/h4-6,9H,3,7-8,10-11H2,1-2H3. The molecule has 5 heteroatoms. The molecule has 1 rings (SSSR count). The number of pyridine rings is 1. The molecule has 0 unspecified atom stereocenters. The van der Waals surface area contributed by atoms with Crippen molar-refractivity contribution in [1.29, 1.82) is 0 Å². The Bertz CT molecular complexity index is 406. The lowest BCUT2D eigenvalue weighted by molar-refractivity contribution is -0.147. The number of aromatic nitrogens is 1. The summed E-state index contributed by atoms with van der Waals surface area (Å²) in [5.74, 6) is -0.433. The molecule has 0 fully saturated rings. The Hall–Kier alpha value is -1.91. The number of amides is 1. The number of methoxy groups -OCH3 is 1. The zero-order chi connectivity index (χ0) is 14.1. The molecule has 0 aliphatic rings. The van der Waals surface area contributed by atoms with Crippen LogP contribution in [0.1, 0.15) is 25.5 Å². The highest BCUT2D eigenvalue weighted by Crippen LogP contribution is 2.03. The molecule has 0 aliphatic carbocycles. The van der Waals surface area contributed by atoms with Crippen LogP contribution in [-0.4, -0.2) is 42.0 Å². The van der Waals surface area contributed by atoms with Gasteiger partial charge in [0.15, 0.2) is 0 Å². The number of ether oxygens (including phenoxy) is 1. The van der Waals surface area contributed by atoms with Crippen molar-refractivity contribution in [2.45, 2.75) is 26.2 Å². The van der Waals surface area contributed by atoms with Gasteiger partial charge in [-0.3, -0.25) is 14.6 Å². The maximum atomic E-state index is 12.0. The highest BCUT2D eigenvalue weighted by molar-refractivity contribution is 5.82. The summed E-state index contributed by atoms with van der Waals surface area (Å²) < 4.78 is 4.59. The van der Waals surface area contributed by atoms with Crippen molar-refractivity contribution >= 4 is 11.9 Å². The van der Waals surface area contributed by atoms with Crippen LogP contribution in [0, 0.1) is 0 Å². The predicted molar refractivity (Wildman–Crippen MR) is 71.4 cm³/mol. The summed E-state index contributed by atoms with van der Waals surface area (Å²) in [5.41, 5.74) is 0.880. The number of nitrogens with zero attached hydrogens (tertiary/aromatic N) is 2. The summed E-state index contributed by atoms with van der Waals surface area (Å²) in [6, 6.07) is 5.62. The van der Waals surface area contributed by atoms with Crippen molar-refractivity contribution in [1.82, 2.24) is 9.88 Å². The minimum atomic E-state index is -0.389. The third-order valence-corrected chi connectivity index (χ3v) is 2.72. The smallest absolute Gasteiger partial charge is 0.325 e. The lowest BCUT2D eigenvalue weighted by Crippen LogP contribution is -2.36. The van der Waals surface area contributed by atoms with Gasteiger partial charge in [0.1, 0.15) is 6.54 Å². The summed E-state index contributed by atoms with van der Waals surface area (Å²) >= 11 is 0. The maximum Gasteiger partial charge on any atom is 0.325 e. The average molecular weight is 264 g/mol. The largest absolute Gasteiger partial charge is 0.468 e. The molecule has 104 valence electrons. The molecule has 0 saturated heterocycles. The molecule has 0 aliphatic heterocycles. The number of rotatable bonds is 7. The highest BCUT2D eigenvalue weighted by atomic mass is 16.5. The second-order valence-corrected chi connectivity index (χ2v) is 4.21. The zero-order valence-corrected chi connectivity index (χ0v) is 11.5. The van der Waals surface area contributed by atoms with Crippen LogP contribution in [0.2, 0.25) is 0 Å². The van der Waals surface area contributed by atoms with E-state index in [4.69, 9.17) is 0 Å². The fourth-order valence-electron chi connectivity index (χ4n) is 1.72. The van der Waals surface area contributed by atoms with Crippen LogP contribution in [0.3, 0.4) is 0 Å². The monoisotopic (exact) mass is 264 g/mol. The molecule has 0 bridgehead atoms. The average Bonchev–Trinajstić information content (AvgIpc) is 2.45. The van der Waals surface area contributed by atoms with Gasteiger partial charge < -0.3 is 9.64 Å². The molecule has 0 spiro atoms. The molecular formula is C14H20N2O3. The predicted octanol–water partition coefficient (Wildman–Crippen LogP) is 1.43. The number of carbonyl (C=O) groups is 2. The first kappa shape index (κ1) is 15.1. The molecule has 0 N–H and O–H groups in total. The Kier molecular flexibility index (Phi) is 6.57. The van der Waals surface area contributed by atoms with Crippen LogP contribution >= 0.6 is 0 Å². The van der Waals surface area contributed by atoms with Gasteiger partial charge in [-0.1, -0.05) is 13.0 Å². The van der Waals surface area contributed by atoms with Crippen molar-refractivity contribution < 1.29 is 14.3 Å². The van der Waals surface area contributed by atoms with Crippen molar-refractivity contribution in [3.8, 4) is 0 Å². The Morgan fingerprint density at radius 3 is 2.74 bits per heavy atom. The van der Waals surface area contributed by atoms with Gasteiger partial charge in [0.05, 0.1) is 7.11 Å². The topological polar surface area (TPSA) is 59.5 Å². The highest BCUT2D eigenvalue weighted by Gasteiger charge is 2.16. The van der Waals surface area contributed by atoms with Crippen molar-refractivity contribution in [3.05, 3.63) is 30.1 Å². The zero-order valence-electron chi connectivity index (χ0n) is 11.5. The Labute approximate surface area is 113 Å². The molecule has 0 aromatic carbocycles. The molecule has 0 radical (unpaired) electrons. The fourth-order valence-corrected chi connectivity index (χ4v) is 1.72. The summed E-state index contributed by atoms with van der Waals surface area (Å²) in [5, 5.41) is 0. The van der Waals surface area contributed by atoms with Crippen LogP contribution in [0.5, 0.6) is 0 Å². The number of aryl methyl sites for hydroxylation is 1. The van der Waals surface area contributed by atoms with Crippen molar-refractivity contribution in [2.75, 3.05) is 20.2 Å². The van der Waals surface area contributed by atoms with E-state index in [9.17, 15) is 9.59 Å². The van der Waals surface area contributed by atoms with E-state index >= 15 is 0 Å². The van der Waals surface area contributed by atoms with E-state index in [0.717, 1.165) is 12.1 Å². The van der Waals surface area contributed by atoms with E-state index in [0.29, 0.717) is 19.4 Å². The lowest BCUT2D eigenvalue weighted by Gasteiger charge is -2.20. The molecule has 1 heterocycles. The van der Waals surface area contributed by atoms with E-state index in [1.165, 1.54) is 12.0 Å². The number of esters is 1. The van der Waals surface area contributed by atoms with Gasteiger partial charge in [0, 0.05) is 24.9 Å². The number of carbonyl (C=O) groups excluding carboxylic acids is 2. The van der Waals surface area contributed by atoms with Gasteiger partial charge in [-0.25, -0.2) is 0 Å². The van der Waals surface area contributed by atoms with Crippen LogP contribution in [0.4, 0.5) is 0 Å². The minimum Gasteiger partial charge on any atom is -0.468 e. The van der Waals surface area contributed by atoms with Crippen LogP contribution in [0.25, 0.3) is 0 Å². The van der Waals surface area contributed by atoms with Crippen molar-refractivity contribution in [3.63, 3.8) is 0 Å². The second-order valence-electron chi connectivity index (χ2n) is 4.21. The molecule has 5 nitrogen and oxygen atoms in total. The van der Waals surface area contributed by atoms with Crippen LogP contribution in [0.15, 0.2) is 24.4 Å². The molecule has 0 atom stereocenters. The molecule has 19 heavy (non-hydrogen) atoms. The molecule has 1 amide bonds. The van der Waals surface area contributed by atoms with E-state index in [2.05, 4.69) is 9.72 Å². The van der Waals surface area contributed by atoms with E-state index < -0.39 is 0 Å². The normalized spacial score (nSPS) is 10.0. The van der Waals surface area contributed by atoms with Gasteiger partial charge >= 0.3 is 5.97 Å². The summed E-state index contributed by atoms with van der Waals surface area (Å²) in [6.45, 7) is 2.55. The maximum absolute atomic E-state index is 12.0. The minimum absolute atomic E-state index is 0.0192. The SMILES string of the molecule is CCCN(CC(=O)OC)C(=O)CCc1ccccn1.